The lowest BCUT2D eigenvalue weighted by Gasteiger charge is -2.36. The van der Waals surface area contributed by atoms with Crippen LogP contribution in [0.5, 0.6) is 0 Å². The third kappa shape index (κ3) is 3.79. The number of rotatable bonds is 5. The Bertz CT molecular complexity index is 968. The minimum atomic E-state index is 1.04. The van der Waals surface area contributed by atoms with E-state index in [2.05, 4.69) is 59.5 Å². The van der Waals surface area contributed by atoms with Crippen LogP contribution < -0.4 is 9.80 Å². The van der Waals surface area contributed by atoms with Crippen molar-refractivity contribution >= 4 is 22.4 Å². The predicted octanol–water partition coefficient (Wildman–Crippen LogP) is 2.33. The summed E-state index contributed by atoms with van der Waals surface area (Å²) in [5.41, 5.74) is 3.64. The molecule has 7 nitrogen and oxygen atoms in total. The Kier molecular flexibility index (Phi) is 5.06. The summed E-state index contributed by atoms with van der Waals surface area (Å²) in [6.07, 6.45) is 9.14. The van der Waals surface area contributed by atoms with E-state index in [1.165, 1.54) is 29.6 Å². The average Bonchev–Trinajstić information content (AvgIpc) is 3.44. The second-order valence-corrected chi connectivity index (χ2v) is 8.17. The number of aryl methyl sites for hydroxylation is 1. The van der Waals surface area contributed by atoms with Gasteiger partial charge in [0.2, 0.25) is 0 Å². The zero-order chi connectivity index (χ0) is 19.6. The molecule has 2 aliphatic heterocycles. The number of benzene rings is 1. The molecule has 0 unspecified atom stereocenters. The molecule has 3 aromatic rings. The van der Waals surface area contributed by atoms with Gasteiger partial charge >= 0.3 is 0 Å². The van der Waals surface area contributed by atoms with Crippen molar-refractivity contribution in [3.8, 4) is 0 Å². The highest BCUT2D eigenvalue weighted by Gasteiger charge is 2.20. The summed E-state index contributed by atoms with van der Waals surface area (Å²) in [6.45, 7) is 7.61. The summed E-state index contributed by atoms with van der Waals surface area (Å²) in [6, 6.07) is 6.67. The minimum Gasteiger partial charge on any atom is -0.369 e. The lowest BCUT2D eigenvalue weighted by Crippen LogP contribution is -2.47. The van der Waals surface area contributed by atoms with Crippen LogP contribution in [0.25, 0.3) is 10.9 Å². The normalized spacial score (nSPS) is 18.1. The molecule has 0 spiro atoms. The Hall–Kier alpha value is -2.67. The largest absolute Gasteiger partial charge is 0.369 e. The summed E-state index contributed by atoms with van der Waals surface area (Å²) < 4.78 is 2.12. The number of piperazine rings is 1. The number of aromatic nitrogens is 4. The summed E-state index contributed by atoms with van der Waals surface area (Å²) in [7, 11) is 2.07. The molecule has 2 aromatic heterocycles. The van der Waals surface area contributed by atoms with Gasteiger partial charge in [0.05, 0.1) is 11.8 Å². The highest BCUT2D eigenvalue weighted by molar-refractivity contribution is 5.92. The number of fused-ring (bicyclic) bond motifs is 1. The van der Waals surface area contributed by atoms with Gasteiger partial charge in [-0.25, -0.2) is 15.0 Å². The fourth-order valence-corrected chi connectivity index (χ4v) is 4.54. The zero-order valence-corrected chi connectivity index (χ0v) is 17.2. The Morgan fingerprint density at radius 1 is 0.931 bits per heavy atom. The maximum absolute atomic E-state index is 4.62. The van der Waals surface area contributed by atoms with Gasteiger partial charge in [0, 0.05) is 82.2 Å². The number of imidazole rings is 1. The summed E-state index contributed by atoms with van der Waals surface area (Å²) >= 11 is 0. The molecule has 0 aliphatic carbocycles. The summed E-state index contributed by atoms with van der Waals surface area (Å²) in [5.74, 6) is 1.10. The van der Waals surface area contributed by atoms with Crippen LogP contribution in [-0.2, 0) is 13.5 Å². The predicted molar refractivity (Wildman–Crippen MR) is 117 cm³/mol. The van der Waals surface area contributed by atoms with Crippen LogP contribution in [0.15, 0.2) is 37.1 Å². The van der Waals surface area contributed by atoms with Crippen LogP contribution in [0.2, 0.25) is 0 Å². The maximum atomic E-state index is 4.62. The minimum absolute atomic E-state index is 1.04. The highest BCUT2D eigenvalue weighted by Crippen LogP contribution is 2.29. The number of hydrogen-bond acceptors (Lipinski definition) is 6. The smallest absolute Gasteiger partial charge is 0.139 e. The summed E-state index contributed by atoms with van der Waals surface area (Å²) in [4.78, 5) is 20.8. The SMILES string of the molecule is Cn1cncc1CCN1CCN(c2ccc3ncnc(N4CCCC4)c3c2)CC1. The van der Waals surface area contributed by atoms with Crippen molar-refractivity contribution in [3.05, 3.63) is 42.7 Å². The maximum Gasteiger partial charge on any atom is 0.139 e. The Morgan fingerprint density at radius 3 is 2.52 bits per heavy atom. The lowest BCUT2D eigenvalue weighted by molar-refractivity contribution is 0.259. The molecule has 0 amide bonds. The molecule has 152 valence electrons. The first-order chi connectivity index (χ1) is 14.3. The van der Waals surface area contributed by atoms with Gasteiger partial charge in [-0.15, -0.1) is 0 Å². The first kappa shape index (κ1) is 18.4. The Morgan fingerprint density at radius 2 is 1.76 bits per heavy atom. The van der Waals surface area contributed by atoms with E-state index in [-0.39, 0.29) is 0 Å². The fourth-order valence-electron chi connectivity index (χ4n) is 4.54. The van der Waals surface area contributed by atoms with Gasteiger partial charge < -0.3 is 14.4 Å². The van der Waals surface area contributed by atoms with E-state index < -0.39 is 0 Å². The molecule has 7 heteroatoms. The monoisotopic (exact) mass is 391 g/mol. The van der Waals surface area contributed by atoms with Crippen molar-refractivity contribution in [1.29, 1.82) is 0 Å². The van der Waals surface area contributed by atoms with Crippen LogP contribution in [0, 0.1) is 0 Å². The Balaban J connectivity index is 1.27. The molecule has 5 rings (SSSR count). The molecule has 0 saturated carbocycles. The molecular weight excluding hydrogens is 362 g/mol. The first-order valence-electron chi connectivity index (χ1n) is 10.7. The average molecular weight is 392 g/mol. The van der Waals surface area contributed by atoms with Gasteiger partial charge in [0.15, 0.2) is 0 Å². The van der Waals surface area contributed by atoms with Crippen LogP contribution in [0.3, 0.4) is 0 Å². The van der Waals surface area contributed by atoms with E-state index in [0.29, 0.717) is 0 Å². The van der Waals surface area contributed by atoms with E-state index in [0.717, 1.165) is 63.6 Å². The third-order valence-electron chi connectivity index (χ3n) is 6.34. The van der Waals surface area contributed by atoms with Gasteiger partial charge in [0.1, 0.15) is 12.1 Å². The molecule has 0 atom stereocenters. The zero-order valence-electron chi connectivity index (χ0n) is 17.2. The number of hydrogen-bond donors (Lipinski definition) is 0. The van der Waals surface area contributed by atoms with Crippen molar-refractivity contribution in [3.63, 3.8) is 0 Å². The molecule has 4 heterocycles. The van der Waals surface area contributed by atoms with Crippen LogP contribution in [-0.4, -0.2) is 70.2 Å². The molecule has 2 saturated heterocycles. The van der Waals surface area contributed by atoms with Crippen molar-refractivity contribution in [2.45, 2.75) is 19.3 Å². The van der Waals surface area contributed by atoms with Gasteiger partial charge in [-0.1, -0.05) is 0 Å². The van der Waals surface area contributed by atoms with Gasteiger partial charge in [-0.3, -0.25) is 4.90 Å². The number of anilines is 2. The first-order valence-corrected chi connectivity index (χ1v) is 10.7. The summed E-state index contributed by atoms with van der Waals surface area (Å²) in [5, 5.41) is 1.19. The van der Waals surface area contributed by atoms with Crippen molar-refractivity contribution in [1.82, 2.24) is 24.4 Å². The standard InChI is InChI=1S/C22H29N7/c1-26-17-23-15-19(26)6-9-27-10-12-28(13-11-27)18-4-5-21-20(14-18)22(25-16-24-21)29-7-2-3-8-29/h4-5,14-17H,2-3,6-13H2,1H3. The van der Waals surface area contributed by atoms with E-state index in [9.17, 15) is 0 Å². The molecule has 1 aromatic carbocycles. The molecule has 2 aliphatic rings. The molecule has 0 N–H and O–H groups in total. The van der Waals surface area contributed by atoms with Crippen molar-refractivity contribution < 1.29 is 0 Å². The third-order valence-corrected chi connectivity index (χ3v) is 6.34. The molecule has 0 radical (unpaired) electrons. The van der Waals surface area contributed by atoms with E-state index in [4.69, 9.17) is 0 Å². The molecular formula is C22H29N7. The molecule has 2 fully saturated rings. The van der Waals surface area contributed by atoms with Gasteiger partial charge in [-0.05, 0) is 31.0 Å². The van der Waals surface area contributed by atoms with Crippen molar-refractivity contribution in [2.75, 3.05) is 55.6 Å². The van der Waals surface area contributed by atoms with E-state index in [1.54, 1.807) is 6.33 Å². The van der Waals surface area contributed by atoms with Crippen molar-refractivity contribution in [2.24, 2.45) is 7.05 Å². The van der Waals surface area contributed by atoms with Gasteiger partial charge in [0.25, 0.3) is 0 Å². The quantitative estimate of drug-likeness (QED) is 0.665. The second kappa shape index (κ2) is 7.99. The van der Waals surface area contributed by atoms with E-state index >= 15 is 0 Å². The molecule has 0 bridgehead atoms. The van der Waals surface area contributed by atoms with Crippen LogP contribution in [0.1, 0.15) is 18.5 Å². The Labute approximate surface area is 172 Å². The van der Waals surface area contributed by atoms with Crippen LogP contribution >= 0.6 is 0 Å². The lowest BCUT2D eigenvalue weighted by atomic mass is 10.1. The van der Waals surface area contributed by atoms with Gasteiger partial charge in [-0.2, -0.15) is 0 Å². The molecule has 29 heavy (non-hydrogen) atoms. The number of nitrogens with zero attached hydrogens (tertiary/aromatic N) is 7. The second-order valence-electron chi connectivity index (χ2n) is 8.17. The van der Waals surface area contributed by atoms with E-state index in [1.807, 2.05) is 12.5 Å². The van der Waals surface area contributed by atoms with Crippen LogP contribution in [0.4, 0.5) is 11.5 Å². The topological polar surface area (TPSA) is 53.3 Å². The highest BCUT2D eigenvalue weighted by atomic mass is 15.3. The fraction of sp³-hybridized carbons (Fsp3) is 0.500.